The predicted octanol–water partition coefficient (Wildman–Crippen LogP) is 1.36. The Morgan fingerprint density at radius 1 is 1.06 bits per heavy atom. The molecule has 4 heteroatoms. The van der Waals surface area contributed by atoms with Gasteiger partial charge in [-0.3, -0.25) is 0 Å². The van der Waals surface area contributed by atoms with E-state index in [4.69, 9.17) is 5.73 Å². The van der Waals surface area contributed by atoms with Crippen LogP contribution in [0.15, 0.2) is 0 Å². The van der Waals surface area contributed by atoms with Crippen LogP contribution in [0.4, 0.5) is 4.79 Å². The van der Waals surface area contributed by atoms with Gasteiger partial charge in [0, 0.05) is 12.1 Å². The Labute approximate surface area is 97.3 Å². The molecule has 0 unspecified atom stereocenters. The summed E-state index contributed by atoms with van der Waals surface area (Å²) in [6, 6.07) is 0.774. The molecule has 0 spiro atoms. The number of nitrogens with one attached hydrogen (secondary N) is 2. The number of urea groups is 1. The maximum atomic E-state index is 11.7. The van der Waals surface area contributed by atoms with Crippen LogP contribution in [0.2, 0.25) is 0 Å². The van der Waals surface area contributed by atoms with E-state index in [9.17, 15) is 4.79 Å². The number of nitrogens with two attached hydrogens (primary N) is 1. The van der Waals surface area contributed by atoms with E-state index in [1.165, 1.54) is 12.8 Å². The highest BCUT2D eigenvalue weighted by Crippen LogP contribution is 2.24. The van der Waals surface area contributed by atoms with Gasteiger partial charge >= 0.3 is 6.03 Å². The molecule has 0 aromatic carbocycles. The largest absolute Gasteiger partial charge is 0.335 e. The van der Waals surface area contributed by atoms with Gasteiger partial charge in [0.1, 0.15) is 0 Å². The predicted molar refractivity (Wildman–Crippen MR) is 64.1 cm³/mol. The van der Waals surface area contributed by atoms with Gasteiger partial charge in [-0.05, 0) is 44.6 Å². The van der Waals surface area contributed by atoms with Crippen molar-refractivity contribution in [1.82, 2.24) is 10.6 Å². The molecule has 0 aliphatic heterocycles. The Balaban J connectivity index is 1.67. The smallest absolute Gasteiger partial charge is 0.315 e. The molecule has 2 aliphatic rings. The summed E-state index contributed by atoms with van der Waals surface area (Å²) in [4.78, 5) is 11.7. The SMILES string of the molecule is NC[C@@H]1CC[C@H](NC(=O)NC2CCCC2)C1. The van der Waals surface area contributed by atoms with Crippen LogP contribution in [0.25, 0.3) is 0 Å². The minimum atomic E-state index is 0.0228. The number of carbonyl (C=O) groups is 1. The number of rotatable bonds is 3. The topological polar surface area (TPSA) is 67.1 Å². The van der Waals surface area contributed by atoms with E-state index in [0.29, 0.717) is 18.0 Å². The molecule has 2 saturated carbocycles. The average molecular weight is 225 g/mol. The van der Waals surface area contributed by atoms with Crippen molar-refractivity contribution >= 4 is 6.03 Å². The van der Waals surface area contributed by atoms with Crippen molar-refractivity contribution in [2.45, 2.75) is 57.0 Å². The summed E-state index contributed by atoms with van der Waals surface area (Å²) in [7, 11) is 0. The first-order chi connectivity index (χ1) is 7.78. The normalized spacial score (nSPS) is 30.6. The minimum absolute atomic E-state index is 0.0228. The lowest BCUT2D eigenvalue weighted by Gasteiger charge is -2.17. The van der Waals surface area contributed by atoms with Gasteiger partial charge in [-0.2, -0.15) is 0 Å². The van der Waals surface area contributed by atoms with E-state index in [2.05, 4.69) is 10.6 Å². The third-order valence-electron chi connectivity index (χ3n) is 3.90. The molecule has 2 aliphatic carbocycles. The molecule has 4 N–H and O–H groups in total. The van der Waals surface area contributed by atoms with E-state index in [1.54, 1.807) is 0 Å². The summed E-state index contributed by atoms with van der Waals surface area (Å²) >= 11 is 0. The van der Waals surface area contributed by atoms with Gasteiger partial charge in [-0.1, -0.05) is 12.8 Å². The zero-order chi connectivity index (χ0) is 11.4. The standard InChI is InChI=1S/C12H23N3O/c13-8-9-5-6-11(7-9)15-12(16)14-10-3-1-2-4-10/h9-11H,1-8,13H2,(H2,14,15,16)/t9-,11+/m1/s1. The van der Waals surface area contributed by atoms with Crippen LogP contribution in [0, 0.1) is 5.92 Å². The molecule has 16 heavy (non-hydrogen) atoms. The summed E-state index contributed by atoms with van der Waals surface area (Å²) in [6.07, 6.45) is 8.08. The zero-order valence-electron chi connectivity index (χ0n) is 9.87. The van der Waals surface area contributed by atoms with E-state index in [0.717, 1.165) is 38.6 Å². The molecule has 2 rings (SSSR count). The lowest BCUT2D eigenvalue weighted by Crippen LogP contribution is -2.44. The summed E-state index contributed by atoms with van der Waals surface area (Å²) in [5.41, 5.74) is 5.63. The highest BCUT2D eigenvalue weighted by molar-refractivity contribution is 5.74. The van der Waals surface area contributed by atoms with E-state index in [1.807, 2.05) is 0 Å². The van der Waals surface area contributed by atoms with Crippen LogP contribution in [0.3, 0.4) is 0 Å². The van der Waals surface area contributed by atoms with Crippen LogP contribution < -0.4 is 16.4 Å². The molecule has 2 atom stereocenters. The quantitative estimate of drug-likeness (QED) is 0.679. The molecule has 0 saturated heterocycles. The van der Waals surface area contributed by atoms with E-state index < -0.39 is 0 Å². The Kier molecular flexibility index (Phi) is 4.04. The fraction of sp³-hybridized carbons (Fsp3) is 0.917. The molecule has 0 aromatic heterocycles. The summed E-state index contributed by atoms with van der Waals surface area (Å²) in [5, 5.41) is 6.12. The maximum Gasteiger partial charge on any atom is 0.315 e. The lowest BCUT2D eigenvalue weighted by atomic mass is 10.1. The Hall–Kier alpha value is -0.770. The average Bonchev–Trinajstić information content (AvgIpc) is 2.89. The molecular formula is C12H23N3O. The van der Waals surface area contributed by atoms with Gasteiger partial charge in [0.05, 0.1) is 0 Å². The van der Waals surface area contributed by atoms with Gasteiger partial charge in [0.25, 0.3) is 0 Å². The van der Waals surface area contributed by atoms with Gasteiger partial charge in [0.15, 0.2) is 0 Å². The second kappa shape index (κ2) is 5.53. The molecule has 2 fully saturated rings. The second-order valence-electron chi connectivity index (χ2n) is 5.21. The summed E-state index contributed by atoms with van der Waals surface area (Å²) in [5.74, 6) is 0.608. The molecule has 0 bridgehead atoms. The second-order valence-corrected chi connectivity index (χ2v) is 5.21. The summed E-state index contributed by atoms with van der Waals surface area (Å²) in [6.45, 7) is 0.752. The first-order valence-corrected chi connectivity index (χ1v) is 6.55. The van der Waals surface area contributed by atoms with Crippen molar-refractivity contribution in [3.63, 3.8) is 0 Å². The molecule has 2 amide bonds. The fourth-order valence-electron chi connectivity index (χ4n) is 2.90. The van der Waals surface area contributed by atoms with E-state index in [-0.39, 0.29) is 6.03 Å². The molecule has 0 aromatic rings. The van der Waals surface area contributed by atoms with Gasteiger partial charge in [-0.15, -0.1) is 0 Å². The molecule has 0 heterocycles. The van der Waals surface area contributed by atoms with Crippen molar-refractivity contribution in [3.05, 3.63) is 0 Å². The first kappa shape index (κ1) is 11.7. The number of carbonyl (C=O) groups excluding carboxylic acids is 1. The molecular weight excluding hydrogens is 202 g/mol. The number of hydrogen-bond acceptors (Lipinski definition) is 2. The number of amides is 2. The highest BCUT2D eigenvalue weighted by Gasteiger charge is 2.25. The zero-order valence-corrected chi connectivity index (χ0v) is 9.87. The third-order valence-corrected chi connectivity index (χ3v) is 3.90. The van der Waals surface area contributed by atoms with Crippen LogP contribution in [0.1, 0.15) is 44.9 Å². The Morgan fingerprint density at radius 3 is 2.38 bits per heavy atom. The monoisotopic (exact) mass is 225 g/mol. The minimum Gasteiger partial charge on any atom is -0.335 e. The summed E-state index contributed by atoms with van der Waals surface area (Å²) < 4.78 is 0. The van der Waals surface area contributed by atoms with E-state index >= 15 is 0 Å². The van der Waals surface area contributed by atoms with Gasteiger partial charge < -0.3 is 16.4 Å². The highest BCUT2D eigenvalue weighted by atomic mass is 16.2. The maximum absolute atomic E-state index is 11.7. The number of hydrogen-bond donors (Lipinski definition) is 3. The first-order valence-electron chi connectivity index (χ1n) is 6.55. The van der Waals surface area contributed by atoms with Crippen molar-refractivity contribution in [2.24, 2.45) is 11.7 Å². The Bertz CT molecular complexity index is 238. The van der Waals surface area contributed by atoms with Crippen LogP contribution in [-0.2, 0) is 0 Å². The van der Waals surface area contributed by atoms with Crippen molar-refractivity contribution in [3.8, 4) is 0 Å². The van der Waals surface area contributed by atoms with Crippen molar-refractivity contribution < 1.29 is 4.79 Å². The van der Waals surface area contributed by atoms with Crippen molar-refractivity contribution in [1.29, 1.82) is 0 Å². The Morgan fingerprint density at radius 2 is 1.75 bits per heavy atom. The lowest BCUT2D eigenvalue weighted by molar-refractivity contribution is 0.233. The van der Waals surface area contributed by atoms with Gasteiger partial charge in [0.2, 0.25) is 0 Å². The van der Waals surface area contributed by atoms with Crippen LogP contribution >= 0.6 is 0 Å². The fourth-order valence-corrected chi connectivity index (χ4v) is 2.90. The van der Waals surface area contributed by atoms with Crippen LogP contribution in [0.5, 0.6) is 0 Å². The van der Waals surface area contributed by atoms with Crippen molar-refractivity contribution in [2.75, 3.05) is 6.54 Å². The van der Waals surface area contributed by atoms with Crippen LogP contribution in [-0.4, -0.2) is 24.7 Å². The molecule has 0 radical (unpaired) electrons. The van der Waals surface area contributed by atoms with Gasteiger partial charge in [-0.25, -0.2) is 4.79 Å². The third kappa shape index (κ3) is 3.11. The molecule has 4 nitrogen and oxygen atoms in total. The molecule has 92 valence electrons.